The van der Waals surface area contributed by atoms with Gasteiger partial charge >= 0.3 is 0 Å². The minimum atomic E-state index is -0.460. The summed E-state index contributed by atoms with van der Waals surface area (Å²) in [5, 5.41) is 12.2. The Morgan fingerprint density at radius 1 is 1.37 bits per heavy atom. The third-order valence-corrected chi connectivity index (χ3v) is 3.13. The van der Waals surface area contributed by atoms with Crippen LogP contribution in [0.2, 0.25) is 5.02 Å². The zero-order chi connectivity index (χ0) is 14.0. The molecule has 0 unspecified atom stereocenters. The van der Waals surface area contributed by atoms with E-state index < -0.39 is 11.8 Å². The number of nitrogens with zero attached hydrogens (tertiary/aromatic N) is 1. The van der Waals surface area contributed by atoms with E-state index in [0.717, 1.165) is 10.5 Å². The van der Waals surface area contributed by atoms with Crippen molar-refractivity contribution >= 4 is 29.1 Å². The van der Waals surface area contributed by atoms with Crippen molar-refractivity contribution < 1.29 is 14.7 Å². The highest BCUT2D eigenvalue weighted by Gasteiger charge is 2.31. The molecule has 19 heavy (non-hydrogen) atoms. The molecule has 2 rings (SSSR count). The van der Waals surface area contributed by atoms with Crippen molar-refractivity contribution in [3.8, 4) is 0 Å². The first-order chi connectivity index (χ1) is 9.04. The Bertz CT molecular complexity index is 549. The van der Waals surface area contributed by atoms with Gasteiger partial charge in [0.05, 0.1) is 23.9 Å². The lowest BCUT2D eigenvalue weighted by Gasteiger charge is -2.14. The Labute approximate surface area is 115 Å². The number of carbonyl (C=O) groups is 2. The molecule has 100 valence electrons. The Balaban J connectivity index is 2.23. The minimum Gasteiger partial charge on any atom is -0.395 e. The smallest absolute Gasteiger partial charge is 0.277 e. The number of aliphatic hydroxyl groups excluding tert-OH is 1. The van der Waals surface area contributed by atoms with Crippen LogP contribution in [-0.4, -0.2) is 35.0 Å². The van der Waals surface area contributed by atoms with Gasteiger partial charge in [-0.1, -0.05) is 23.7 Å². The highest BCUT2D eigenvalue weighted by Crippen LogP contribution is 2.28. The fraction of sp³-hybridized carbons (Fsp3) is 0.231. The molecule has 0 atom stereocenters. The predicted molar refractivity (Wildman–Crippen MR) is 71.7 cm³/mol. The second-order valence-electron chi connectivity index (χ2n) is 4.13. The largest absolute Gasteiger partial charge is 0.395 e. The summed E-state index contributed by atoms with van der Waals surface area (Å²) in [6.07, 6.45) is 1.21. The molecule has 1 aliphatic heterocycles. The quantitative estimate of drug-likeness (QED) is 0.816. The van der Waals surface area contributed by atoms with Gasteiger partial charge in [-0.15, -0.1) is 0 Å². The number of aliphatic hydroxyl groups is 1. The predicted octanol–water partition coefficient (Wildman–Crippen LogP) is 1.31. The van der Waals surface area contributed by atoms with Crippen molar-refractivity contribution in [2.75, 3.05) is 18.5 Å². The van der Waals surface area contributed by atoms with Crippen LogP contribution in [0, 0.1) is 6.92 Å². The molecule has 0 spiro atoms. The van der Waals surface area contributed by atoms with E-state index in [1.165, 1.54) is 6.08 Å². The van der Waals surface area contributed by atoms with Gasteiger partial charge in [0, 0.05) is 6.08 Å². The molecule has 0 bridgehead atoms. The molecule has 0 aliphatic carbocycles. The van der Waals surface area contributed by atoms with Gasteiger partial charge in [-0.05, 0) is 18.6 Å². The molecule has 1 aromatic rings. The van der Waals surface area contributed by atoms with Crippen molar-refractivity contribution in [1.29, 1.82) is 0 Å². The normalized spacial score (nSPS) is 14.9. The van der Waals surface area contributed by atoms with E-state index >= 15 is 0 Å². The highest BCUT2D eigenvalue weighted by atomic mass is 35.5. The number of aryl methyl sites for hydroxylation is 1. The van der Waals surface area contributed by atoms with Gasteiger partial charge < -0.3 is 10.4 Å². The van der Waals surface area contributed by atoms with E-state index in [1.54, 1.807) is 12.1 Å². The zero-order valence-electron chi connectivity index (χ0n) is 10.3. The molecular weight excluding hydrogens is 268 g/mol. The van der Waals surface area contributed by atoms with Crippen LogP contribution >= 0.6 is 11.6 Å². The number of hydrogen-bond donors (Lipinski definition) is 2. The third-order valence-electron chi connectivity index (χ3n) is 2.81. The Kier molecular flexibility index (Phi) is 3.87. The average Bonchev–Trinajstić information content (AvgIpc) is 2.62. The summed E-state index contributed by atoms with van der Waals surface area (Å²) in [5.41, 5.74) is 1.63. The number of nitrogens with one attached hydrogen (secondary N) is 1. The summed E-state index contributed by atoms with van der Waals surface area (Å²) in [6, 6.07) is 5.35. The van der Waals surface area contributed by atoms with Crippen molar-refractivity contribution in [2.45, 2.75) is 6.92 Å². The topological polar surface area (TPSA) is 69.6 Å². The third kappa shape index (κ3) is 2.62. The standard InChI is InChI=1S/C13H13ClN2O3/c1-8-3-2-4-9(14)12(8)15-10-7-11(18)16(5-6-17)13(10)19/h2-4,7,15,17H,5-6H2,1H3. The van der Waals surface area contributed by atoms with Gasteiger partial charge in [-0.25, -0.2) is 0 Å². The molecule has 1 aromatic carbocycles. The number of halogens is 1. The molecule has 6 heteroatoms. The summed E-state index contributed by atoms with van der Waals surface area (Å²) in [5.74, 6) is -0.898. The number of hydrogen-bond acceptors (Lipinski definition) is 4. The first-order valence-electron chi connectivity index (χ1n) is 5.75. The first-order valence-corrected chi connectivity index (χ1v) is 6.13. The van der Waals surface area contributed by atoms with Crippen molar-refractivity contribution in [2.24, 2.45) is 0 Å². The van der Waals surface area contributed by atoms with Crippen LogP contribution in [0.3, 0.4) is 0 Å². The molecule has 5 nitrogen and oxygen atoms in total. The molecule has 0 fully saturated rings. The molecule has 1 heterocycles. The average molecular weight is 281 g/mol. The van der Waals surface area contributed by atoms with Gasteiger partial charge in [0.2, 0.25) is 0 Å². The van der Waals surface area contributed by atoms with E-state index in [9.17, 15) is 9.59 Å². The maximum atomic E-state index is 12.0. The summed E-state index contributed by atoms with van der Waals surface area (Å²) in [6.45, 7) is 1.58. The van der Waals surface area contributed by atoms with Gasteiger partial charge in [0.1, 0.15) is 5.70 Å². The number of para-hydroxylation sites is 1. The van der Waals surface area contributed by atoms with E-state index in [-0.39, 0.29) is 18.8 Å². The second-order valence-corrected chi connectivity index (χ2v) is 4.54. The number of benzene rings is 1. The number of imide groups is 1. The molecule has 2 N–H and O–H groups in total. The molecule has 0 radical (unpaired) electrons. The lowest BCUT2D eigenvalue weighted by Crippen LogP contribution is -2.34. The van der Waals surface area contributed by atoms with Crippen LogP contribution in [0.1, 0.15) is 5.56 Å². The second kappa shape index (κ2) is 5.42. The van der Waals surface area contributed by atoms with E-state index in [4.69, 9.17) is 16.7 Å². The number of anilines is 1. The molecule has 0 saturated carbocycles. The summed E-state index contributed by atoms with van der Waals surface area (Å²) in [4.78, 5) is 24.5. The fourth-order valence-electron chi connectivity index (χ4n) is 1.83. The molecule has 0 saturated heterocycles. The highest BCUT2D eigenvalue weighted by molar-refractivity contribution is 6.33. The van der Waals surface area contributed by atoms with Crippen molar-refractivity contribution in [3.05, 3.63) is 40.6 Å². The van der Waals surface area contributed by atoms with Crippen LogP contribution < -0.4 is 5.32 Å². The van der Waals surface area contributed by atoms with Crippen LogP contribution in [0.4, 0.5) is 5.69 Å². The van der Waals surface area contributed by atoms with Crippen molar-refractivity contribution in [1.82, 2.24) is 4.90 Å². The molecule has 0 aromatic heterocycles. The van der Waals surface area contributed by atoms with Crippen LogP contribution in [0.15, 0.2) is 30.0 Å². The first kappa shape index (κ1) is 13.6. The summed E-state index contributed by atoms with van der Waals surface area (Å²) >= 11 is 6.05. The minimum absolute atomic E-state index is 0.0130. The molecule has 1 aliphatic rings. The van der Waals surface area contributed by atoms with E-state index in [0.29, 0.717) is 10.7 Å². The maximum Gasteiger partial charge on any atom is 0.277 e. The van der Waals surface area contributed by atoms with E-state index in [1.807, 2.05) is 13.0 Å². The Morgan fingerprint density at radius 3 is 2.74 bits per heavy atom. The Hall–Kier alpha value is -1.85. The van der Waals surface area contributed by atoms with Gasteiger partial charge in [-0.2, -0.15) is 0 Å². The maximum absolute atomic E-state index is 12.0. The Morgan fingerprint density at radius 2 is 2.11 bits per heavy atom. The molecular formula is C13H13ClN2O3. The fourth-order valence-corrected chi connectivity index (χ4v) is 2.10. The van der Waals surface area contributed by atoms with Crippen molar-refractivity contribution in [3.63, 3.8) is 0 Å². The van der Waals surface area contributed by atoms with Gasteiger partial charge in [-0.3, -0.25) is 14.5 Å². The van der Waals surface area contributed by atoms with Crippen LogP contribution in [0.5, 0.6) is 0 Å². The van der Waals surface area contributed by atoms with Gasteiger partial charge in [0.25, 0.3) is 11.8 Å². The number of β-amino-alcohol motifs (C(OH)–C–C–N with tert-alkyl or cyclic N) is 1. The van der Waals surface area contributed by atoms with Gasteiger partial charge in [0.15, 0.2) is 0 Å². The lowest BCUT2D eigenvalue weighted by molar-refractivity contribution is -0.137. The monoisotopic (exact) mass is 280 g/mol. The number of carbonyl (C=O) groups excluding carboxylic acids is 2. The number of amides is 2. The number of rotatable bonds is 4. The SMILES string of the molecule is Cc1cccc(Cl)c1NC1=CC(=O)N(CCO)C1=O. The zero-order valence-corrected chi connectivity index (χ0v) is 11.1. The van der Waals surface area contributed by atoms with Crippen LogP contribution in [0.25, 0.3) is 0 Å². The lowest BCUT2D eigenvalue weighted by atomic mass is 10.2. The van der Waals surface area contributed by atoms with Crippen LogP contribution in [-0.2, 0) is 9.59 Å². The van der Waals surface area contributed by atoms with E-state index in [2.05, 4.69) is 5.32 Å². The molecule has 2 amide bonds. The summed E-state index contributed by atoms with van der Waals surface area (Å²) < 4.78 is 0. The summed E-state index contributed by atoms with van der Waals surface area (Å²) in [7, 11) is 0.